The maximum atomic E-state index is 13.7. The van der Waals surface area contributed by atoms with Gasteiger partial charge in [0.15, 0.2) is 0 Å². The van der Waals surface area contributed by atoms with E-state index in [9.17, 15) is 18.0 Å². The lowest BCUT2D eigenvalue weighted by Crippen LogP contribution is -2.36. The SMILES string of the molecule is CCCCOC(=O)CN(c1ccc2c(ccn2C(=O)Cc2ccccc2)c1)S(=O)(=O)c1cc(Cl)cc(Cl)c1. The van der Waals surface area contributed by atoms with Crippen LogP contribution in [0.25, 0.3) is 10.9 Å². The fourth-order valence-corrected chi connectivity index (χ4v) is 6.10. The molecule has 7 nitrogen and oxygen atoms in total. The summed E-state index contributed by atoms with van der Waals surface area (Å²) in [4.78, 5) is 25.4. The standard InChI is InChI=1S/C28H26Cl2N2O5S/c1-2-3-13-37-28(34)19-32(38(35,36)25-17-22(29)16-23(30)18-25)24-9-10-26-21(15-24)11-12-31(26)27(33)14-20-7-5-4-6-8-20/h4-12,15-18H,2-3,13-14,19H2,1H3. The quantitative estimate of drug-likeness (QED) is 0.163. The van der Waals surface area contributed by atoms with E-state index in [-0.39, 0.29) is 39.6 Å². The Morgan fingerprint density at radius 2 is 1.66 bits per heavy atom. The molecule has 0 radical (unpaired) electrons. The molecule has 0 N–H and O–H groups in total. The first-order valence-corrected chi connectivity index (χ1v) is 14.2. The Morgan fingerprint density at radius 1 is 0.947 bits per heavy atom. The highest BCUT2D eigenvalue weighted by Crippen LogP contribution is 2.30. The van der Waals surface area contributed by atoms with Gasteiger partial charge in [-0.15, -0.1) is 0 Å². The molecule has 10 heteroatoms. The molecule has 198 valence electrons. The van der Waals surface area contributed by atoms with Crippen LogP contribution in [0.3, 0.4) is 0 Å². The summed E-state index contributed by atoms with van der Waals surface area (Å²) in [7, 11) is -4.25. The summed E-state index contributed by atoms with van der Waals surface area (Å²) in [5.41, 5.74) is 1.73. The van der Waals surface area contributed by atoms with Gasteiger partial charge in [0, 0.05) is 21.6 Å². The van der Waals surface area contributed by atoms with Gasteiger partial charge in [-0.05, 0) is 54.4 Å². The summed E-state index contributed by atoms with van der Waals surface area (Å²) in [5, 5.41) is 0.921. The number of carbonyl (C=O) groups excluding carboxylic acids is 2. The van der Waals surface area contributed by atoms with E-state index in [0.717, 1.165) is 16.3 Å². The minimum atomic E-state index is -4.25. The van der Waals surface area contributed by atoms with E-state index in [4.69, 9.17) is 27.9 Å². The molecule has 0 saturated heterocycles. The van der Waals surface area contributed by atoms with Gasteiger partial charge in [0.05, 0.1) is 29.1 Å². The molecule has 1 aromatic heterocycles. The van der Waals surface area contributed by atoms with Gasteiger partial charge in [-0.1, -0.05) is 66.9 Å². The highest BCUT2D eigenvalue weighted by atomic mass is 35.5. The number of carbonyl (C=O) groups is 2. The van der Waals surface area contributed by atoms with Crippen molar-refractivity contribution >= 4 is 61.7 Å². The molecule has 0 saturated carbocycles. The van der Waals surface area contributed by atoms with Gasteiger partial charge in [-0.25, -0.2) is 8.42 Å². The van der Waals surface area contributed by atoms with Gasteiger partial charge in [-0.3, -0.25) is 18.5 Å². The number of halogens is 2. The third-order valence-electron chi connectivity index (χ3n) is 5.89. The minimum absolute atomic E-state index is 0.128. The van der Waals surface area contributed by atoms with Crippen molar-refractivity contribution in [2.24, 2.45) is 0 Å². The van der Waals surface area contributed by atoms with Gasteiger partial charge in [0.1, 0.15) is 6.54 Å². The first-order chi connectivity index (χ1) is 18.2. The first-order valence-electron chi connectivity index (χ1n) is 12.0. The number of hydrogen-bond acceptors (Lipinski definition) is 5. The number of fused-ring (bicyclic) bond motifs is 1. The van der Waals surface area contributed by atoms with Crippen LogP contribution in [0.15, 0.2) is 83.9 Å². The predicted octanol–water partition coefficient (Wildman–Crippen LogP) is 6.37. The monoisotopic (exact) mass is 572 g/mol. The molecule has 0 aliphatic carbocycles. The second kappa shape index (κ2) is 12.0. The summed E-state index contributed by atoms with van der Waals surface area (Å²) in [6, 6.07) is 19.9. The Balaban J connectivity index is 1.70. The maximum absolute atomic E-state index is 13.7. The van der Waals surface area contributed by atoms with Crippen LogP contribution in [0, 0.1) is 0 Å². The van der Waals surface area contributed by atoms with Gasteiger partial charge >= 0.3 is 5.97 Å². The Hall–Kier alpha value is -3.33. The zero-order valence-corrected chi connectivity index (χ0v) is 23.0. The number of ether oxygens (including phenoxy) is 1. The minimum Gasteiger partial charge on any atom is -0.464 e. The Bertz CT molecular complexity index is 1550. The molecular formula is C28H26Cl2N2O5S. The molecule has 3 aromatic carbocycles. The number of rotatable bonds is 10. The van der Waals surface area contributed by atoms with Gasteiger partial charge in [0.25, 0.3) is 10.0 Å². The van der Waals surface area contributed by atoms with Crippen molar-refractivity contribution in [2.45, 2.75) is 31.1 Å². The van der Waals surface area contributed by atoms with E-state index >= 15 is 0 Å². The third-order valence-corrected chi connectivity index (χ3v) is 8.07. The molecule has 4 aromatic rings. The predicted molar refractivity (Wildman–Crippen MR) is 150 cm³/mol. The largest absolute Gasteiger partial charge is 0.464 e. The van der Waals surface area contributed by atoms with Crippen LogP contribution in [0.1, 0.15) is 30.1 Å². The van der Waals surface area contributed by atoms with E-state index < -0.39 is 22.5 Å². The van der Waals surface area contributed by atoms with Crippen molar-refractivity contribution in [1.29, 1.82) is 0 Å². The number of unbranched alkanes of at least 4 members (excludes halogenated alkanes) is 1. The van der Waals surface area contributed by atoms with E-state index in [2.05, 4.69) is 0 Å². The Labute approximate surface area is 231 Å². The number of benzene rings is 3. The summed E-state index contributed by atoms with van der Waals surface area (Å²) in [6.07, 6.45) is 3.35. The van der Waals surface area contributed by atoms with Crippen molar-refractivity contribution in [2.75, 3.05) is 17.5 Å². The van der Waals surface area contributed by atoms with Crippen molar-refractivity contribution < 1.29 is 22.7 Å². The fourth-order valence-electron chi connectivity index (χ4n) is 3.97. The van der Waals surface area contributed by atoms with Gasteiger partial charge < -0.3 is 4.74 Å². The molecule has 1 heterocycles. The first kappa shape index (κ1) is 27.7. The van der Waals surface area contributed by atoms with Crippen molar-refractivity contribution in [3.8, 4) is 0 Å². The summed E-state index contributed by atoms with van der Waals surface area (Å²) in [6.45, 7) is 1.60. The molecule has 0 amide bonds. The van der Waals surface area contributed by atoms with E-state index in [1.165, 1.54) is 22.8 Å². The normalized spacial score (nSPS) is 11.4. The van der Waals surface area contributed by atoms with Crippen LogP contribution in [-0.2, 0) is 26.0 Å². The van der Waals surface area contributed by atoms with Gasteiger partial charge in [-0.2, -0.15) is 0 Å². The summed E-state index contributed by atoms with van der Waals surface area (Å²) >= 11 is 12.1. The zero-order valence-electron chi connectivity index (χ0n) is 20.6. The number of sulfonamides is 1. The molecule has 4 rings (SSSR count). The maximum Gasteiger partial charge on any atom is 0.326 e. The van der Waals surface area contributed by atoms with Crippen LogP contribution in [0.5, 0.6) is 0 Å². The van der Waals surface area contributed by atoms with Crippen LogP contribution in [0.2, 0.25) is 10.0 Å². The average Bonchev–Trinajstić information content (AvgIpc) is 3.31. The van der Waals surface area contributed by atoms with Crippen molar-refractivity contribution in [3.05, 3.63) is 94.6 Å². The summed E-state index contributed by atoms with van der Waals surface area (Å²) < 4.78 is 35.1. The Kier molecular flexibility index (Phi) is 8.76. The van der Waals surface area contributed by atoms with Crippen LogP contribution >= 0.6 is 23.2 Å². The molecule has 0 aliphatic heterocycles. The molecule has 0 unspecified atom stereocenters. The Morgan fingerprint density at radius 3 is 2.34 bits per heavy atom. The highest BCUT2D eigenvalue weighted by molar-refractivity contribution is 7.92. The zero-order chi connectivity index (χ0) is 27.3. The van der Waals surface area contributed by atoms with Gasteiger partial charge in [0.2, 0.25) is 5.91 Å². The lowest BCUT2D eigenvalue weighted by Gasteiger charge is -2.24. The lowest BCUT2D eigenvalue weighted by atomic mass is 10.1. The topological polar surface area (TPSA) is 85.7 Å². The smallest absolute Gasteiger partial charge is 0.326 e. The third kappa shape index (κ3) is 6.38. The lowest BCUT2D eigenvalue weighted by molar-refractivity contribution is -0.141. The number of esters is 1. The van der Waals surface area contributed by atoms with E-state index in [0.29, 0.717) is 17.3 Å². The molecular weight excluding hydrogens is 547 g/mol. The van der Waals surface area contributed by atoms with Crippen molar-refractivity contribution in [3.63, 3.8) is 0 Å². The fraction of sp³-hybridized carbons (Fsp3) is 0.214. The highest BCUT2D eigenvalue weighted by Gasteiger charge is 2.29. The van der Waals surface area contributed by atoms with E-state index in [1.54, 1.807) is 30.5 Å². The number of aromatic nitrogens is 1. The molecule has 0 bridgehead atoms. The molecule has 38 heavy (non-hydrogen) atoms. The molecule has 0 spiro atoms. The molecule has 0 atom stereocenters. The second-order valence-corrected chi connectivity index (χ2v) is 11.4. The van der Waals surface area contributed by atoms with Crippen LogP contribution in [-0.4, -0.2) is 38.0 Å². The number of hydrogen-bond donors (Lipinski definition) is 0. The second-order valence-electron chi connectivity index (χ2n) is 8.68. The molecule has 0 aliphatic rings. The summed E-state index contributed by atoms with van der Waals surface area (Å²) in [5.74, 6) is -0.817. The van der Waals surface area contributed by atoms with E-state index in [1.807, 2.05) is 37.3 Å². The number of nitrogens with zero attached hydrogens (tertiary/aromatic N) is 2. The van der Waals surface area contributed by atoms with Crippen molar-refractivity contribution in [1.82, 2.24) is 4.57 Å². The number of anilines is 1. The average molecular weight is 573 g/mol. The molecule has 0 fully saturated rings. The van der Waals surface area contributed by atoms with Crippen LogP contribution in [0.4, 0.5) is 5.69 Å². The van der Waals surface area contributed by atoms with Crippen LogP contribution < -0.4 is 4.31 Å².